The van der Waals surface area contributed by atoms with Crippen LogP contribution in [-0.2, 0) is 9.59 Å². The van der Waals surface area contributed by atoms with Crippen LogP contribution in [-0.4, -0.2) is 18.4 Å². The van der Waals surface area contributed by atoms with Crippen LogP contribution in [0.2, 0.25) is 0 Å². The predicted octanol–water partition coefficient (Wildman–Crippen LogP) is 3.24. The van der Waals surface area contributed by atoms with Gasteiger partial charge in [0.2, 0.25) is 11.8 Å². The molecule has 0 aliphatic carbocycles. The standard InChI is InChI=1S/C16H23FN2O2/c1-2-3-4-5-6-11-15(20)18-12-16(21)19-14-10-8-7-9-13(14)17/h7-10H,2-6,11-12H2,1H3,(H,18,20)(H,19,21). The van der Waals surface area contributed by atoms with Gasteiger partial charge in [-0.3, -0.25) is 9.59 Å². The molecule has 4 nitrogen and oxygen atoms in total. The van der Waals surface area contributed by atoms with E-state index in [1.54, 1.807) is 12.1 Å². The molecule has 0 saturated carbocycles. The van der Waals surface area contributed by atoms with Crippen LogP contribution in [0.15, 0.2) is 24.3 Å². The van der Waals surface area contributed by atoms with Crippen molar-refractivity contribution in [3.8, 4) is 0 Å². The van der Waals surface area contributed by atoms with Crippen LogP contribution >= 0.6 is 0 Å². The van der Waals surface area contributed by atoms with Gasteiger partial charge < -0.3 is 10.6 Å². The fourth-order valence-corrected chi connectivity index (χ4v) is 1.91. The maximum absolute atomic E-state index is 13.3. The van der Waals surface area contributed by atoms with Gasteiger partial charge in [0.05, 0.1) is 12.2 Å². The Kier molecular flexibility index (Phi) is 8.09. The highest BCUT2D eigenvalue weighted by molar-refractivity contribution is 5.94. The van der Waals surface area contributed by atoms with Gasteiger partial charge in [-0.15, -0.1) is 0 Å². The van der Waals surface area contributed by atoms with E-state index in [1.165, 1.54) is 25.0 Å². The van der Waals surface area contributed by atoms with Gasteiger partial charge in [-0.1, -0.05) is 44.7 Å². The Morgan fingerprint density at radius 2 is 1.76 bits per heavy atom. The third-order valence-electron chi connectivity index (χ3n) is 3.10. The third kappa shape index (κ3) is 7.44. The molecular formula is C16H23FN2O2. The molecule has 0 atom stereocenters. The fraction of sp³-hybridized carbons (Fsp3) is 0.500. The minimum absolute atomic E-state index is 0.122. The van der Waals surface area contributed by atoms with Crippen LogP contribution in [0.1, 0.15) is 45.4 Å². The molecule has 0 saturated heterocycles. The summed E-state index contributed by atoms with van der Waals surface area (Å²) in [5.74, 6) is -1.07. The highest BCUT2D eigenvalue weighted by Gasteiger charge is 2.08. The van der Waals surface area contributed by atoms with E-state index in [1.807, 2.05) is 0 Å². The molecule has 0 bridgehead atoms. The largest absolute Gasteiger partial charge is 0.347 e. The normalized spacial score (nSPS) is 10.2. The van der Waals surface area contributed by atoms with E-state index in [0.717, 1.165) is 19.3 Å². The van der Waals surface area contributed by atoms with Crippen LogP contribution in [0, 0.1) is 5.82 Å². The Morgan fingerprint density at radius 1 is 1.05 bits per heavy atom. The maximum atomic E-state index is 13.3. The molecule has 0 aromatic heterocycles. The van der Waals surface area contributed by atoms with Gasteiger partial charge >= 0.3 is 0 Å². The molecule has 0 unspecified atom stereocenters. The molecule has 2 N–H and O–H groups in total. The number of halogens is 1. The molecule has 0 spiro atoms. The van der Waals surface area contributed by atoms with E-state index in [2.05, 4.69) is 17.6 Å². The molecule has 2 amide bonds. The molecule has 0 aliphatic heterocycles. The summed E-state index contributed by atoms with van der Waals surface area (Å²) < 4.78 is 13.3. The number of para-hydroxylation sites is 1. The summed E-state index contributed by atoms with van der Waals surface area (Å²) >= 11 is 0. The Morgan fingerprint density at radius 3 is 2.48 bits per heavy atom. The van der Waals surface area contributed by atoms with Crippen LogP contribution in [0.5, 0.6) is 0 Å². The predicted molar refractivity (Wildman–Crippen MR) is 81.4 cm³/mol. The number of unbranched alkanes of at least 4 members (excludes halogenated alkanes) is 4. The number of nitrogens with one attached hydrogen (secondary N) is 2. The van der Waals surface area contributed by atoms with Crippen molar-refractivity contribution in [2.24, 2.45) is 0 Å². The van der Waals surface area contributed by atoms with Crippen molar-refractivity contribution in [1.29, 1.82) is 0 Å². The lowest BCUT2D eigenvalue weighted by Gasteiger charge is -2.07. The van der Waals surface area contributed by atoms with Crippen LogP contribution in [0.3, 0.4) is 0 Å². The minimum atomic E-state index is -0.492. The number of hydrogen-bond donors (Lipinski definition) is 2. The van der Waals surface area contributed by atoms with Gasteiger partial charge in [-0.25, -0.2) is 4.39 Å². The summed E-state index contributed by atoms with van der Waals surface area (Å²) in [6.07, 6.45) is 5.78. The molecule has 1 rings (SSSR count). The number of carbonyl (C=O) groups is 2. The van der Waals surface area contributed by atoms with Crippen molar-refractivity contribution in [1.82, 2.24) is 5.32 Å². The number of anilines is 1. The van der Waals surface area contributed by atoms with Crippen molar-refractivity contribution in [3.63, 3.8) is 0 Å². The van der Waals surface area contributed by atoms with Crippen molar-refractivity contribution < 1.29 is 14.0 Å². The van der Waals surface area contributed by atoms with Crippen molar-refractivity contribution >= 4 is 17.5 Å². The molecule has 0 aliphatic rings. The number of carbonyl (C=O) groups excluding carboxylic acids is 2. The van der Waals surface area contributed by atoms with Gasteiger partial charge in [-0.05, 0) is 18.6 Å². The zero-order valence-electron chi connectivity index (χ0n) is 12.5. The van der Waals surface area contributed by atoms with Crippen molar-refractivity contribution in [2.75, 3.05) is 11.9 Å². The van der Waals surface area contributed by atoms with Crippen LogP contribution in [0.25, 0.3) is 0 Å². The average Bonchev–Trinajstić information content (AvgIpc) is 2.47. The first-order valence-corrected chi connectivity index (χ1v) is 7.44. The smallest absolute Gasteiger partial charge is 0.243 e. The van der Waals surface area contributed by atoms with Gasteiger partial charge in [0.1, 0.15) is 5.82 Å². The number of amides is 2. The van der Waals surface area contributed by atoms with E-state index in [0.29, 0.717) is 6.42 Å². The van der Waals surface area contributed by atoms with Gasteiger partial charge in [0, 0.05) is 6.42 Å². The molecule has 0 fully saturated rings. The van der Waals surface area contributed by atoms with Gasteiger partial charge in [0.25, 0.3) is 0 Å². The second-order valence-corrected chi connectivity index (χ2v) is 4.97. The lowest BCUT2D eigenvalue weighted by atomic mass is 10.1. The number of benzene rings is 1. The first kappa shape index (κ1) is 17.1. The summed E-state index contributed by atoms with van der Waals surface area (Å²) in [6, 6.07) is 5.92. The molecule has 1 aromatic carbocycles. The summed E-state index contributed by atoms with van der Waals surface area (Å²) in [6.45, 7) is 2.00. The Hall–Kier alpha value is -1.91. The molecule has 5 heteroatoms. The zero-order chi connectivity index (χ0) is 15.5. The summed E-state index contributed by atoms with van der Waals surface area (Å²) in [5.41, 5.74) is 0.122. The molecule has 0 heterocycles. The first-order valence-electron chi connectivity index (χ1n) is 7.44. The quantitative estimate of drug-likeness (QED) is 0.687. The van der Waals surface area contributed by atoms with Crippen molar-refractivity contribution in [3.05, 3.63) is 30.1 Å². The minimum Gasteiger partial charge on any atom is -0.347 e. The molecular weight excluding hydrogens is 271 g/mol. The van der Waals surface area contributed by atoms with E-state index >= 15 is 0 Å². The second-order valence-electron chi connectivity index (χ2n) is 4.97. The van der Waals surface area contributed by atoms with Crippen LogP contribution in [0.4, 0.5) is 10.1 Å². The van der Waals surface area contributed by atoms with Gasteiger partial charge in [0.15, 0.2) is 0 Å². The van der Waals surface area contributed by atoms with E-state index in [4.69, 9.17) is 0 Å². The Bertz CT molecular complexity index is 463. The van der Waals surface area contributed by atoms with E-state index in [9.17, 15) is 14.0 Å². The van der Waals surface area contributed by atoms with Crippen molar-refractivity contribution in [2.45, 2.75) is 45.4 Å². The fourth-order valence-electron chi connectivity index (χ4n) is 1.91. The first-order chi connectivity index (χ1) is 10.1. The molecule has 116 valence electrons. The highest BCUT2D eigenvalue weighted by atomic mass is 19.1. The molecule has 21 heavy (non-hydrogen) atoms. The van der Waals surface area contributed by atoms with Gasteiger partial charge in [-0.2, -0.15) is 0 Å². The monoisotopic (exact) mass is 294 g/mol. The zero-order valence-corrected chi connectivity index (χ0v) is 12.5. The SMILES string of the molecule is CCCCCCCC(=O)NCC(=O)Nc1ccccc1F. The summed E-state index contributed by atoms with van der Waals surface area (Å²) in [4.78, 5) is 23.1. The Labute approximate surface area is 125 Å². The lowest BCUT2D eigenvalue weighted by Crippen LogP contribution is -2.32. The van der Waals surface area contributed by atoms with Crippen LogP contribution < -0.4 is 10.6 Å². The molecule has 1 aromatic rings. The summed E-state index contributed by atoms with van der Waals surface area (Å²) in [5, 5.41) is 4.96. The number of rotatable bonds is 9. The molecule has 0 radical (unpaired) electrons. The van der Waals surface area contributed by atoms with E-state index < -0.39 is 11.7 Å². The lowest BCUT2D eigenvalue weighted by molar-refractivity contribution is -0.124. The number of hydrogen-bond acceptors (Lipinski definition) is 2. The highest BCUT2D eigenvalue weighted by Crippen LogP contribution is 2.11. The third-order valence-corrected chi connectivity index (χ3v) is 3.10. The topological polar surface area (TPSA) is 58.2 Å². The Balaban J connectivity index is 2.18. The summed E-state index contributed by atoms with van der Waals surface area (Å²) in [7, 11) is 0. The second kappa shape index (κ2) is 9.91. The maximum Gasteiger partial charge on any atom is 0.243 e. The average molecular weight is 294 g/mol. The van der Waals surface area contributed by atoms with E-state index in [-0.39, 0.29) is 18.1 Å².